The maximum Gasteiger partial charge on any atom is 0.232 e. The van der Waals surface area contributed by atoms with Crippen molar-refractivity contribution in [1.82, 2.24) is 14.9 Å². The summed E-state index contributed by atoms with van der Waals surface area (Å²) in [5, 5.41) is 0. The summed E-state index contributed by atoms with van der Waals surface area (Å²) in [5.74, 6) is 1.29. The van der Waals surface area contributed by atoms with Gasteiger partial charge in [-0.2, -0.15) is 0 Å². The summed E-state index contributed by atoms with van der Waals surface area (Å²) < 4.78 is 6.06. The SMILES string of the molecule is Nc1ccc(-c2cnc(O[C@H]3CN4CCC3CC4)cn2)cc1. The number of nitrogens with zero attached hydrogens (tertiary/aromatic N) is 3. The zero-order valence-electron chi connectivity index (χ0n) is 12.5. The summed E-state index contributed by atoms with van der Waals surface area (Å²) in [7, 11) is 0. The molecule has 0 aliphatic carbocycles. The van der Waals surface area contributed by atoms with E-state index >= 15 is 0 Å². The minimum absolute atomic E-state index is 0.263. The van der Waals surface area contributed by atoms with E-state index in [4.69, 9.17) is 10.5 Å². The number of ether oxygens (including phenoxy) is 1. The highest BCUT2D eigenvalue weighted by Crippen LogP contribution is 2.30. The molecule has 3 fully saturated rings. The number of rotatable bonds is 3. The van der Waals surface area contributed by atoms with Crippen LogP contribution in [-0.2, 0) is 0 Å². The van der Waals surface area contributed by atoms with E-state index in [0.717, 1.165) is 23.5 Å². The van der Waals surface area contributed by atoms with Crippen LogP contribution in [0, 0.1) is 5.92 Å². The maximum atomic E-state index is 6.06. The Morgan fingerprint density at radius 1 is 1.05 bits per heavy atom. The van der Waals surface area contributed by atoms with E-state index in [9.17, 15) is 0 Å². The van der Waals surface area contributed by atoms with Crippen molar-refractivity contribution < 1.29 is 4.74 Å². The molecule has 1 atom stereocenters. The first-order chi connectivity index (χ1) is 10.8. The molecule has 3 aliphatic heterocycles. The van der Waals surface area contributed by atoms with Crippen molar-refractivity contribution in [3.63, 3.8) is 0 Å². The fraction of sp³-hybridized carbons (Fsp3) is 0.412. The summed E-state index contributed by atoms with van der Waals surface area (Å²) in [5.41, 5.74) is 8.30. The van der Waals surface area contributed by atoms with E-state index in [1.165, 1.54) is 25.9 Å². The number of piperidine rings is 3. The van der Waals surface area contributed by atoms with E-state index in [2.05, 4.69) is 14.9 Å². The fourth-order valence-corrected chi connectivity index (χ4v) is 3.38. The first-order valence-corrected chi connectivity index (χ1v) is 7.85. The van der Waals surface area contributed by atoms with Gasteiger partial charge < -0.3 is 10.5 Å². The normalized spacial score (nSPS) is 26.8. The molecule has 22 heavy (non-hydrogen) atoms. The van der Waals surface area contributed by atoms with Crippen LogP contribution in [0.25, 0.3) is 11.3 Å². The second-order valence-electron chi connectivity index (χ2n) is 6.16. The Kier molecular flexibility index (Phi) is 3.42. The van der Waals surface area contributed by atoms with Crippen LogP contribution in [0.3, 0.4) is 0 Å². The monoisotopic (exact) mass is 296 g/mol. The van der Waals surface area contributed by atoms with Gasteiger partial charge in [0.1, 0.15) is 6.10 Å². The maximum absolute atomic E-state index is 6.06. The Hall–Kier alpha value is -2.14. The molecular formula is C17H20N4O. The quantitative estimate of drug-likeness (QED) is 0.880. The lowest BCUT2D eigenvalue weighted by Crippen LogP contribution is -2.52. The van der Waals surface area contributed by atoms with Crippen molar-refractivity contribution in [2.45, 2.75) is 18.9 Å². The average Bonchev–Trinajstić information content (AvgIpc) is 2.58. The largest absolute Gasteiger partial charge is 0.472 e. The molecule has 0 unspecified atom stereocenters. The Labute approximate surface area is 130 Å². The molecule has 2 bridgehead atoms. The number of anilines is 1. The summed E-state index contributed by atoms with van der Waals surface area (Å²) in [4.78, 5) is 11.4. The molecule has 5 heteroatoms. The zero-order valence-corrected chi connectivity index (χ0v) is 12.5. The first kappa shape index (κ1) is 13.5. The van der Waals surface area contributed by atoms with Gasteiger partial charge in [-0.15, -0.1) is 0 Å². The van der Waals surface area contributed by atoms with Gasteiger partial charge in [-0.25, -0.2) is 9.97 Å². The second-order valence-corrected chi connectivity index (χ2v) is 6.16. The van der Waals surface area contributed by atoms with E-state index in [1.54, 1.807) is 12.4 Å². The number of fused-ring (bicyclic) bond motifs is 3. The van der Waals surface area contributed by atoms with Crippen LogP contribution in [0.4, 0.5) is 5.69 Å². The number of hydrogen-bond donors (Lipinski definition) is 1. The molecule has 1 aromatic heterocycles. The molecule has 2 aromatic rings. The van der Waals surface area contributed by atoms with Crippen LogP contribution in [0.1, 0.15) is 12.8 Å². The van der Waals surface area contributed by atoms with Gasteiger partial charge in [0.05, 0.1) is 18.1 Å². The number of benzene rings is 1. The predicted molar refractivity (Wildman–Crippen MR) is 85.5 cm³/mol. The Morgan fingerprint density at radius 2 is 1.82 bits per heavy atom. The van der Waals surface area contributed by atoms with Crippen molar-refractivity contribution in [1.29, 1.82) is 0 Å². The Balaban J connectivity index is 1.46. The van der Waals surface area contributed by atoms with Crippen molar-refractivity contribution in [3.05, 3.63) is 36.7 Å². The van der Waals surface area contributed by atoms with Gasteiger partial charge in [0, 0.05) is 17.8 Å². The molecule has 0 amide bonds. The predicted octanol–water partition coefficient (Wildman–Crippen LogP) is 2.20. The number of nitrogens with two attached hydrogens (primary N) is 1. The Morgan fingerprint density at radius 3 is 2.41 bits per heavy atom. The number of hydrogen-bond acceptors (Lipinski definition) is 5. The van der Waals surface area contributed by atoms with E-state index in [-0.39, 0.29) is 6.10 Å². The van der Waals surface area contributed by atoms with Crippen molar-refractivity contribution in [3.8, 4) is 17.1 Å². The van der Waals surface area contributed by atoms with Crippen LogP contribution < -0.4 is 10.5 Å². The van der Waals surface area contributed by atoms with Crippen LogP contribution in [0.2, 0.25) is 0 Å². The molecular weight excluding hydrogens is 276 g/mol. The van der Waals surface area contributed by atoms with Gasteiger partial charge in [-0.05, 0) is 44.0 Å². The molecule has 3 aliphatic rings. The van der Waals surface area contributed by atoms with E-state index in [0.29, 0.717) is 11.8 Å². The minimum atomic E-state index is 0.263. The van der Waals surface area contributed by atoms with Gasteiger partial charge in [0.15, 0.2) is 0 Å². The highest BCUT2D eigenvalue weighted by Gasteiger charge is 2.35. The first-order valence-electron chi connectivity index (χ1n) is 7.85. The molecule has 5 rings (SSSR count). The van der Waals surface area contributed by atoms with Gasteiger partial charge in [0.2, 0.25) is 5.88 Å². The van der Waals surface area contributed by atoms with Crippen LogP contribution in [0.15, 0.2) is 36.7 Å². The molecule has 3 saturated heterocycles. The molecule has 4 heterocycles. The highest BCUT2D eigenvalue weighted by atomic mass is 16.5. The molecule has 0 saturated carbocycles. The van der Waals surface area contributed by atoms with Crippen molar-refractivity contribution in [2.75, 3.05) is 25.4 Å². The fourth-order valence-electron chi connectivity index (χ4n) is 3.38. The standard InChI is InChI=1S/C17H20N4O/c18-14-3-1-12(2-4-14)15-9-20-17(10-19-15)22-16-11-21-7-5-13(16)6-8-21/h1-4,9-10,13,16H,5-8,11,18H2/t16-/m0/s1. The van der Waals surface area contributed by atoms with Gasteiger partial charge in [-0.1, -0.05) is 12.1 Å². The molecule has 0 radical (unpaired) electrons. The van der Waals surface area contributed by atoms with Gasteiger partial charge in [-0.3, -0.25) is 4.90 Å². The molecule has 2 N–H and O–H groups in total. The topological polar surface area (TPSA) is 64.3 Å². The minimum Gasteiger partial charge on any atom is -0.472 e. The second kappa shape index (κ2) is 5.57. The lowest BCUT2D eigenvalue weighted by molar-refractivity contribution is -0.0101. The van der Waals surface area contributed by atoms with E-state index in [1.807, 2.05) is 24.3 Å². The zero-order chi connectivity index (χ0) is 14.9. The van der Waals surface area contributed by atoms with E-state index < -0.39 is 0 Å². The lowest BCUT2D eigenvalue weighted by atomic mass is 9.86. The molecule has 114 valence electrons. The lowest BCUT2D eigenvalue weighted by Gasteiger charge is -2.44. The number of nitrogen functional groups attached to an aromatic ring is 1. The molecule has 0 spiro atoms. The summed E-state index contributed by atoms with van der Waals surface area (Å²) >= 11 is 0. The summed E-state index contributed by atoms with van der Waals surface area (Å²) in [6.45, 7) is 3.45. The Bertz CT molecular complexity index is 633. The average molecular weight is 296 g/mol. The van der Waals surface area contributed by atoms with Gasteiger partial charge in [0.25, 0.3) is 0 Å². The smallest absolute Gasteiger partial charge is 0.232 e. The van der Waals surface area contributed by atoms with Crippen molar-refractivity contribution >= 4 is 5.69 Å². The van der Waals surface area contributed by atoms with Crippen LogP contribution >= 0.6 is 0 Å². The van der Waals surface area contributed by atoms with Crippen LogP contribution in [-0.4, -0.2) is 40.6 Å². The third-order valence-electron chi connectivity index (χ3n) is 4.70. The van der Waals surface area contributed by atoms with Gasteiger partial charge >= 0.3 is 0 Å². The third kappa shape index (κ3) is 2.64. The highest BCUT2D eigenvalue weighted by molar-refractivity contribution is 5.61. The summed E-state index contributed by atoms with van der Waals surface area (Å²) in [6, 6.07) is 7.64. The third-order valence-corrected chi connectivity index (χ3v) is 4.70. The summed E-state index contributed by atoms with van der Waals surface area (Å²) in [6.07, 6.45) is 6.23. The van der Waals surface area contributed by atoms with Crippen molar-refractivity contribution in [2.24, 2.45) is 5.92 Å². The van der Waals surface area contributed by atoms with Crippen LogP contribution in [0.5, 0.6) is 5.88 Å². The molecule has 1 aromatic carbocycles. The molecule has 5 nitrogen and oxygen atoms in total. The number of aromatic nitrogens is 2.